The summed E-state index contributed by atoms with van der Waals surface area (Å²) in [5.41, 5.74) is 5.33. The molecular weight excluding hydrogens is 354 g/mol. The van der Waals surface area contributed by atoms with E-state index in [4.69, 9.17) is 15.2 Å². The number of urea groups is 1. The minimum absolute atomic E-state index is 0.0284. The van der Waals surface area contributed by atoms with Crippen molar-refractivity contribution in [3.05, 3.63) is 42.0 Å². The molecule has 9 nitrogen and oxygen atoms in total. The van der Waals surface area contributed by atoms with Crippen LogP contribution in [0, 0.1) is 0 Å². The molecule has 1 aliphatic heterocycles. The number of nitrogens with one attached hydrogen (secondary N) is 1. The van der Waals surface area contributed by atoms with Gasteiger partial charge in [-0.3, -0.25) is 24.6 Å². The SMILES string of the molecule is C=CCN1C(=O)NC(=O)/C(=C\c2ccc(OCC(N)=O)c(OCC)c2)C1=O. The summed E-state index contributed by atoms with van der Waals surface area (Å²) in [6.45, 7) is 5.23. The van der Waals surface area contributed by atoms with Gasteiger partial charge >= 0.3 is 6.03 Å². The van der Waals surface area contributed by atoms with Gasteiger partial charge in [-0.1, -0.05) is 12.1 Å². The highest BCUT2D eigenvalue weighted by Crippen LogP contribution is 2.29. The predicted molar refractivity (Wildman–Crippen MR) is 95.7 cm³/mol. The molecule has 0 spiro atoms. The minimum atomic E-state index is -0.799. The maximum Gasteiger partial charge on any atom is 0.331 e. The molecule has 0 bridgehead atoms. The quantitative estimate of drug-likeness (QED) is 0.390. The minimum Gasteiger partial charge on any atom is -0.490 e. The van der Waals surface area contributed by atoms with Gasteiger partial charge in [-0.05, 0) is 30.7 Å². The number of primary amides is 1. The van der Waals surface area contributed by atoms with Gasteiger partial charge in [0.1, 0.15) is 5.57 Å². The first-order chi connectivity index (χ1) is 12.9. The fourth-order valence-electron chi connectivity index (χ4n) is 2.31. The summed E-state index contributed by atoms with van der Waals surface area (Å²) in [5.74, 6) is -1.55. The number of carbonyl (C=O) groups is 4. The topological polar surface area (TPSA) is 128 Å². The van der Waals surface area contributed by atoms with E-state index in [-0.39, 0.29) is 18.7 Å². The van der Waals surface area contributed by atoms with E-state index >= 15 is 0 Å². The van der Waals surface area contributed by atoms with E-state index in [1.165, 1.54) is 18.2 Å². The van der Waals surface area contributed by atoms with E-state index in [0.717, 1.165) is 4.90 Å². The van der Waals surface area contributed by atoms with Crippen molar-refractivity contribution < 1.29 is 28.7 Å². The molecule has 1 heterocycles. The Bertz CT molecular complexity index is 830. The van der Waals surface area contributed by atoms with Crippen LogP contribution >= 0.6 is 0 Å². The smallest absolute Gasteiger partial charge is 0.331 e. The summed E-state index contributed by atoms with van der Waals surface area (Å²) in [4.78, 5) is 47.9. The van der Waals surface area contributed by atoms with E-state index in [9.17, 15) is 19.2 Å². The van der Waals surface area contributed by atoms with Gasteiger partial charge in [0.05, 0.1) is 6.61 Å². The van der Waals surface area contributed by atoms with Crippen LogP contribution in [-0.4, -0.2) is 48.4 Å². The Hall–Kier alpha value is -3.62. The standard InChI is InChI=1S/C18H19N3O6/c1-3-7-21-17(24)12(16(23)20-18(21)25)8-11-5-6-13(27-10-15(19)22)14(9-11)26-4-2/h3,5-6,8-9H,1,4,7,10H2,2H3,(H2,19,22)(H,20,23,25)/b12-8+. The van der Waals surface area contributed by atoms with Gasteiger partial charge in [0, 0.05) is 6.54 Å². The second kappa shape index (κ2) is 8.65. The summed E-state index contributed by atoms with van der Waals surface area (Å²) in [6, 6.07) is 3.84. The molecule has 5 amide bonds. The zero-order chi connectivity index (χ0) is 20.0. The molecule has 3 N–H and O–H groups in total. The van der Waals surface area contributed by atoms with E-state index in [1.54, 1.807) is 19.1 Å². The number of hydrogen-bond acceptors (Lipinski definition) is 6. The fourth-order valence-corrected chi connectivity index (χ4v) is 2.31. The van der Waals surface area contributed by atoms with Crippen molar-refractivity contribution in [1.82, 2.24) is 10.2 Å². The molecule has 0 unspecified atom stereocenters. The van der Waals surface area contributed by atoms with Gasteiger partial charge in [0.2, 0.25) is 0 Å². The third kappa shape index (κ3) is 4.72. The van der Waals surface area contributed by atoms with Gasteiger partial charge in [0.15, 0.2) is 18.1 Å². The van der Waals surface area contributed by atoms with E-state index in [0.29, 0.717) is 23.7 Å². The zero-order valence-corrected chi connectivity index (χ0v) is 14.7. The number of carbonyl (C=O) groups excluding carboxylic acids is 4. The molecule has 0 radical (unpaired) electrons. The molecule has 9 heteroatoms. The highest BCUT2D eigenvalue weighted by molar-refractivity contribution is 6.31. The molecule has 27 heavy (non-hydrogen) atoms. The molecule has 142 valence electrons. The second-order valence-electron chi connectivity index (χ2n) is 5.42. The van der Waals surface area contributed by atoms with Crippen molar-refractivity contribution in [3.63, 3.8) is 0 Å². The monoisotopic (exact) mass is 373 g/mol. The van der Waals surface area contributed by atoms with Crippen LogP contribution in [-0.2, 0) is 14.4 Å². The number of barbiturate groups is 1. The van der Waals surface area contributed by atoms with Crippen LogP contribution in [0.2, 0.25) is 0 Å². The number of imide groups is 2. The summed E-state index contributed by atoms with van der Waals surface area (Å²) in [6.07, 6.45) is 2.71. The second-order valence-corrected chi connectivity index (χ2v) is 5.42. The lowest BCUT2D eigenvalue weighted by molar-refractivity contribution is -0.129. The number of ether oxygens (including phenoxy) is 2. The first kappa shape index (κ1) is 19.7. The van der Waals surface area contributed by atoms with E-state index < -0.39 is 23.8 Å². The molecule has 1 aromatic carbocycles. The molecule has 1 aliphatic rings. The largest absolute Gasteiger partial charge is 0.490 e. The Morgan fingerprint density at radius 1 is 1.26 bits per heavy atom. The number of hydrogen-bond donors (Lipinski definition) is 2. The maximum absolute atomic E-state index is 12.4. The van der Waals surface area contributed by atoms with Gasteiger partial charge in [0.25, 0.3) is 17.7 Å². The molecule has 0 saturated carbocycles. The van der Waals surface area contributed by atoms with E-state index in [2.05, 4.69) is 11.9 Å². The van der Waals surface area contributed by atoms with Crippen LogP contribution < -0.4 is 20.5 Å². The third-order valence-corrected chi connectivity index (χ3v) is 3.45. The lowest BCUT2D eigenvalue weighted by Gasteiger charge is -2.25. The summed E-state index contributed by atoms with van der Waals surface area (Å²) < 4.78 is 10.7. The Morgan fingerprint density at radius 3 is 2.63 bits per heavy atom. The molecule has 1 aromatic rings. The van der Waals surface area contributed by atoms with Gasteiger partial charge < -0.3 is 15.2 Å². The average molecular weight is 373 g/mol. The molecule has 1 fully saturated rings. The number of nitrogens with zero attached hydrogens (tertiary/aromatic N) is 1. The highest BCUT2D eigenvalue weighted by atomic mass is 16.5. The van der Waals surface area contributed by atoms with E-state index in [1.807, 2.05) is 0 Å². The van der Waals surface area contributed by atoms with Crippen LogP contribution in [0.3, 0.4) is 0 Å². The van der Waals surface area contributed by atoms with Crippen molar-refractivity contribution in [2.45, 2.75) is 6.92 Å². The van der Waals surface area contributed by atoms with Gasteiger partial charge in [-0.15, -0.1) is 6.58 Å². The Morgan fingerprint density at radius 2 is 2.00 bits per heavy atom. The van der Waals surface area contributed by atoms with Crippen molar-refractivity contribution >= 4 is 29.8 Å². The van der Waals surface area contributed by atoms with Crippen LogP contribution in [0.5, 0.6) is 11.5 Å². The summed E-state index contributed by atoms with van der Waals surface area (Å²) >= 11 is 0. The Labute approximate surface area is 155 Å². The number of amides is 5. The molecule has 0 atom stereocenters. The molecule has 2 rings (SSSR count). The Balaban J connectivity index is 2.35. The van der Waals surface area contributed by atoms with Crippen molar-refractivity contribution in [2.75, 3.05) is 19.8 Å². The number of benzene rings is 1. The number of rotatable bonds is 8. The maximum atomic E-state index is 12.4. The first-order valence-electron chi connectivity index (χ1n) is 8.05. The first-order valence-corrected chi connectivity index (χ1v) is 8.05. The third-order valence-electron chi connectivity index (χ3n) is 3.45. The predicted octanol–water partition coefficient (Wildman–Crippen LogP) is 0.597. The molecule has 0 aromatic heterocycles. The Kier molecular flexibility index (Phi) is 6.32. The summed E-state index contributed by atoms with van der Waals surface area (Å²) in [7, 11) is 0. The molecule has 1 saturated heterocycles. The summed E-state index contributed by atoms with van der Waals surface area (Å²) in [5, 5.41) is 2.10. The zero-order valence-electron chi connectivity index (χ0n) is 14.7. The fraction of sp³-hybridized carbons (Fsp3) is 0.222. The average Bonchev–Trinajstić information content (AvgIpc) is 2.61. The molecule has 0 aliphatic carbocycles. The normalized spacial score (nSPS) is 15.5. The lowest BCUT2D eigenvalue weighted by atomic mass is 10.1. The van der Waals surface area contributed by atoms with Crippen molar-refractivity contribution in [3.8, 4) is 11.5 Å². The van der Waals surface area contributed by atoms with Gasteiger partial charge in [-0.25, -0.2) is 4.79 Å². The highest BCUT2D eigenvalue weighted by Gasteiger charge is 2.34. The molecular formula is C18H19N3O6. The van der Waals surface area contributed by atoms with Crippen LogP contribution in [0.1, 0.15) is 12.5 Å². The van der Waals surface area contributed by atoms with Crippen LogP contribution in [0.25, 0.3) is 6.08 Å². The van der Waals surface area contributed by atoms with Crippen LogP contribution in [0.15, 0.2) is 36.4 Å². The lowest BCUT2D eigenvalue weighted by Crippen LogP contribution is -2.54. The number of nitrogens with two attached hydrogens (primary N) is 1. The van der Waals surface area contributed by atoms with Crippen LogP contribution in [0.4, 0.5) is 4.79 Å². The van der Waals surface area contributed by atoms with Crippen molar-refractivity contribution in [1.29, 1.82) is 0 Å². The van der Waals surface area contributed by atoms with Gasteiger partial charge in [-0.2, -0.15) is 0 Å². The van der Waals surface area contributed by atoms with Crippen molar-refractivity contribution in [2.24, 2.45) is 5.73 Å².